The Kier molecular flexibility index (Phi) is 7.95. The minimum Gasteiger partial charge on any atom is -0.507 e. The van der Waals surface area contributed by atoms with E-state index >= 15 is 0 Å². The van der Waals surface area contributed by atoms with Crippen molar-refractivity contribution in [2.24, 2.45) is 0 Å². The van der Waals surface area contributed by atoms with Gasteiger partial charge in [-0.05, 0) is 61.7 Å². The number of rotatable bonds is 10. The van der Waals surface area contributed by atoms with E-state index < -0.39 is 17.7 Å². The Hall–Kier alpha value is -3.78. The zero-order valence-electron chi connectivity index (χ0n) is 20.6. The smallest absolute Gasteiger partial charge is 0.295 e. The van der Waals surface area contributed by atoms with Crippen molar-refractivity contribution in [2.45, 2.75) is 31.9 Å². The van der Waals surface area contributed by atoms with Gasteiger partial charge in [0, 0.05) is 18.7 Å². The quantitative estimate of drug-likeness (QED) is 0.229. The molecule has 2 fully saturated rings. The molecule has 0 aliphatic carbocycles. The number of ether oxygens (including phenoxy) is 4. The number of hydrogen-bond donors (Lipinski definition) is 1. The van der Waals surface area contributed by atoms with Gasteiger partial charge < -0.3 is 29.0 Å². The van der Waals surface area contributed by atoms with Crippen LogP contribution in [0.5, 0.6) is 17.2 Å². The molecule has 2 aromatic carbocycles. The predicted octanol–water partition coefficient (Wildman–Crippen LogP) is 4.26. The monoisotopic (exact) mass is 493 g/mol. The lowest BCUT2D eigenvalue weighted by Crippen LogP contribution is -2.36. The highest BCUT2D eigenvalue weighted by Gasteiger charge is 2.47. The molecule has 2 saturated heterocycles. The van der Waals surface area contributed by atoms with Crippen LogP contribution in [0.2, 0.25) is 0 Å². The van der Waals surface area contributed by atoms with Gasteiger partial charge in [0.25, 0.3) is 11.7 Å². The molecule has 2 aromatic rings. The van der Waals surface area contributed by atoms with Gasteiger partial charge in [0.1, 0.15) is 18.1 Å². The summed E-state index contributed by atoms with van der Waals surface area (Å²) in [6.07, 6.45) is 3.15. The van der Waals surface area contributed by atoms with Crippen molar-refractivity contribution in [3.05, 3.63) is 71.8 Å². The molecule has 190 valence electrons. The Morgan fingerprint density at radius 1 is 1.17 bits per heavy atom. The molecule has 0 bridgehead atoms. The lowest BCUT2D eigenvalue weighted by atomic mass is 9.94. The molecule has 0 radical (unpaired) electrons. The number of Topliss-reactive ketones (excluding diaryl/α,β-unsaturated/α-hetero) is 1. The maximum atomic E-state index is 13.3. The van der Waals surface area contributed by atoms with Crippen LogP contribution in [0.15, 0.2) is 60.7 Å². The number of nitrogens with zero attached hydrogens (tertiary/aromatic N) is 1. The van der Waals surface area contributed by atoms with Crippen molar-refractivity contribution in [1.82, 2.24) is 4.90 Å². The molecule has 2 unspecified atom stereocenters. The number of likely N-dealkylation sites (tertiary alicyclic amines) is 1. The number of carbonyl (C=O) groups excluding carboxylic acids is 2. The van der Waals surface area contributed by atoms with Crippen molar-refractivity contribution >= 4 is 17.4 Å². The Bertz CT molecular complexity index is 1150. The molecule has 0 spiro atoms. The van der Waals surface area contributed by atoms with E-state index in [-0.39, 0.29) is 24.0 Å². The van der Waals surface area contributed by atoms with Gasteiger partial charge in [0.05, 0.1) is 31.4 Å². The zero-order chi connectivity index (χ0) is 25.7. The summed E-state index contributed by atoms with van der Waals surface area (Å²) in [5.41, 5.74) is 1.04. The number of aliphatic hydroxyl groups is 1. The fourth-order valence-corrected chi connectivity index (χ4v) is 4.58. The number of aliphatic hydroxyl groups excluding tert-OH is 1. The zero-order valence-corrected chi connectivity index (χ0v) is 20.6. The van der Waals surface area contributed by atoms with Gasteiger partial charge in [0.15, 0.2) is 11.5 Å². The van der Waals surface area contributed by atoms with Crippen LogP contribution in [0.3, 0.4) is 0 Å². The Balaban J connectivity index is 1.80. The highest BCUT2D eigenvalue weighted by atomic mass is 16.5. The highest BCUT2D eigenvalue weighted by Crippen LogP contribution is 2.42. The van der Waals surface area contributed by atoms with Crippen molar-refractivity contribution in [3.8, 4) is 17.2 Å². The fourth-order valence-electron chi connectivity index (χ4n) is 4.58. The topological polar surface area (TPSA) is 94.5 Å². The first kappa shape index (κ1) is 25.3. The Morgan fingerprint density at radius 3 is 2.58 bits per heavy atom. The minimum atomic E-state index is -0.817. The molecule has 2 atom stereocenters. The van der Waals surface area contributed by atoms with Crippen LogP contribution in [0.4, 0.5) is 0 Å². The van der Waals surface area contributed by atoms with Crippen LogP contribution in [0.25, 0.3) is 5.76 Å². The third-order valence-electron chi connectivity index (χ3n) is 6.26. The number of benzene rings is 2. The van der Waals surface area contributed by atoms with E-state index in [1.54, 1.807) is 48.5 Å². The molecule has 8 heteroatoms. The van der Waals surface area contributed by atoms with Crippen molar-refractivity contribution in [2.75, 3.05) is 33.5 Å². The summed E-state index contributed by atoms with van der Waals surface area (Å²) in [5, 5.41) is 11.3. The third kappa shape index (κ3) is 5.09. The Labute approximate surface area is 210 Å². The second-order valence-corrected chi connectivity index (χ2v) is 8.55. The van der Waals surface area contributed by atoms with Crippen LogP contribution in [-0.4, -0.2) is 61.3 Å². The van der Waals surface area contributed by atoms with E-state index in [2.05, 4.69) is 6.58 Å². The van der Waals surface area contributed by atoms with Crippen LogP contribution < -0.4 is 14.2 Å². The van der Waals surface area contributed by atoms with Crippen LogP contribution in [-0.2, 0) is 14.3 Å². The maximum absolute atomic E-state index is 13.3. The molecule has 8 nitrogen and oxygen atoms in total. The maximum Gasteiger partial charge on any atom is 0.295 e. The highest BCUT2D eigenvalue weighted by molar-refractivity contribution is 6.46. The van der Waals surface area contributed by atoms with Gasteiger partial charge in [-0.1, -0.05) is 18.7 Å². The van der Waals surface area contributed by atoms with Gasteiger partial charge in [-0.2, -0.15) is 0 Å². The lowest BCUT2D eigenvalue weighted by Gasteiger charge is -2.28. The molecule has 36 heavy (non-hydrogen) atoms. The number of carbonyl (C=O) groups is 2. The molecule has 4 rings (SSSR count). The molecule has 2 aliphatic heterocycles. The fraction of sp³-hybridized carbons (Fsp3) is 0.357. The number of amides is 1. The predicted molar refractivity (Wildman–Crippen MR) is 134 cm³/mol. The van der Waals surface area contributed by atoms with Gasteiger partial charge in [0.2, 0.25) is 0 Å². The standard InChI is InChI=1S/C28H31NO7/c1-4-14-36-22-13-10-19(16-23(22)33-3)25-24(26(30)18-8-11-20(12-9-18)34-5-2)27(31)28(32)29(25)17-21-7-6-15-35-21/h4,8-13,16,21,25,30H,1,5-7,14-15,17H2,2-3H3/b26-24+. The summed E-state index contributed by atoms with van der Waals surface area (Å²) < 4.78 is 22.4. The molecule has 0 saturated carbocycles. The van der Waals surface area contributed by atoms with E-state index in [0.717, 1.165) is 12.8 Å². The molecule has 2 aliphatic rings. The van der Waals surface area contributed by atoms with E-state index in [9.17, 15) is 14.7 Å². The lowest BCUT2D eigenvalue weighted by molar-refractivity contribution is -0.140. The average Bonchev–Trinajstić information content (AvgIpc) is 3.50. The summed E-state index contributed by atoms with van der Waals surface area (Å²) in [6.45, 7) is 7.21. The minimum absolute atomic E-state index is 0.0176. The SMILES string of the molecule is C=CCOc1ccc(C2/C(=C(\O)c3ccc(OCC)cc3)C(=O)C(=O)N2CC2CCCO2)cc1OC. The van der Waals surface area contributed by atoms with Gasteiger partial charge in [-0.15, -0.1) is 0 Å². The van der Waals surface area contributed by atoms with Crippen molar-refractivity contribution in [3.63, 3.8) is 0 Å². The summed E-state index contributed by atoms with van der Waals surface area (Å²) in [6, 6.07) is 11.2. The van der Waals surface area contributed by atoms with Gasteiger partial charge in [-0.3, -0.25) is 9.59 Å². The first-order valence-corrected chi connectivity index (χ1v) is 12.0. The summed E-state index contributed by atoms with van der Waals surface area (Å²) in [4.78, 5) is 28.0. The molecule has 2 heterocycles. The van der Waals surface area contributed by atoms with E-state index in [0.29, 0.717) is 48.2 Å². The molecular formula is C28H31NO7. The van der Waals surface area contributed by atoms with Gasteiger partial charge in [-0.25, -0.2) is 0 Å². The summed E-state index contributed by atoms with van der Waals surface area (Å²) >= 11 is 0. The normalized spacial score (nSPS) is 21.0. The summed E-state index contributed by atoms with van der Waals surface area (Å²) in [7, 11) is 1.52. The van der Waals surface area contributed by atoms with E-state index in [1.807, 2.05) is 6.92 Å². The van der Waals surface area contributed by atoms with E-state index in [1.165, 1.54) is 12.0 Å². The first-order chi connectivity index (χ1) is 17.5. The second-order valence-electron chi connectivity index (χ2n) is 8.55. The van der Waals surface area contributed by atoms with Crippen molar-refractivity contribution < 1.29 is 33.6 Å². The number of hydrogen-bond acceptors (Lipinski definition) is 7. The molecule has 0 aromatic heterocycles. The first-order valence-electron chi connectivity index (χ1n) is 12.0. The van der Waals surface area contributed by atoms with Crippen LogP contribution in [0, 0.1) is 0 Å². The molecule has 1 amide bonds. The second kappa shape index (κ2) is 11.3. The van der Waals surface area contributed by atoms with Crippen LogP contribution in [0.1, 0.15) is 36.9 Å². The van der Waals surface area contributed by atoms with Crippen molar-refractivity contribution in [1.29, 1.82) is 0 Å². The summed E-state index contributed by atoms with van der Waals surface area (Å²) in [5.74, 6) is -0.0717. The largest absolute Gasteiger partial charge is 0.507 e. The molecular weight excluding hydrogens is 462 g/mol. The van der Waals surface area contributed by atoms with Gasteiger partial charge >= 0.3 is 0 Å². The van der Waals surface area contributed by atoms with E-state index in [4.69, 9.17) is 18.9 Å². The molecule has 1 N–H and O–H groups in total. The average molecular weight is 494 g/mol. The number of methoxy groups -OCH3 is 1. The number of ketones is 1. The van der Waals surface area contributed by atoms with Crippen LogP contribution >= 0.6 is 0 Å². The Morgan fingerprint density at radius 2 is 1.94 bits per heavy atom. The third-order valence-corrected chi connectivity index (χ3v) is 6.26.